The molecule has 0 bridgehead atoms. The van der Waals surface area contributed by atoms with Gasteiger partial charge in [-0.1, -0.05) is 17.7 Å². The zero-order chi connectivity index (χ0) is 17.0. The molecule has 5 nitrogen and oxygen atoms in total. The maximum atomic E-state index is 12.2. The smallest absolute Gasteiger partial charge is 0.243 e. The second-order valence-electron chi connectivity index (χ2n) is 6.57. The molecule has 126 valence electrons. The minimum atomic E-state index is -0.157. The van der Waals surface area contributed by atoms with Gasteiger partial charge in [0.15, 0.2) is 0 Å². The van der Waals surface area contributed by atoms with Gasteiger partial charge in [0.1, 0.15) is 0 Å². The van der Waals surface area contributed by atoms with Crippen molar-refractivity contribution < 1.29 is 9.59 Å². The van der Waals surface area contributed by atoms with Gasteiger partial charge in [-0.15, -0.1) is 0 Å². The summed E-state index contributed by atoms with van der Waals surface area (Å²) in [6.45, 7) is 7.06. The Kier molecular flexibility index (Phi) is 5.77. The van der Waals surface area contributed by atoms with Crippen LogP contribution in [0.25, 0.3) is 0 Å². The number of hydrogen-bond donors (Lipinski definition) is 2. The Bertz CT molecular complexity index is 569. The van der Waals surface area contributed by atoms with E-state index in [1.54, 1.807) is 7.05 Å². The Morgan fingerprint density at radius 1 is 1.26 bits per heavy atom. The topological polar surface area (TPSA) is 61.4 Å². The molecule has 1 fully saturated rings. The third kappa shape index (κ3) is 4.79. The first-order valence-electron chi connectivity index (χ1n) is 8.22. The standard InChI is InChI=1S/C18H27N3O2/c1-12-8-13(2)18(14(3)9-12)20-16(22)11-21(4)17(23)10-15-6-5-7-19-15/h8-9,15,19H,5-7,10-11H2,1-4H3,(H,20,22). The summed E-state index contributed by atoms with van der Waals surface area (Å²) in [5.74, 6) is -0.146. The first kappa shape index (κ1) is 17.5. The van der Waals surface area contributed by atoms with Crippen molar-refractivity contribution in [3.05, 3.63) is 28.8 Å². The molecule has 0 radical (unpaired) electrons. The summed E-state index contributed by atoms with van der Waals surface area (Å²) in [6, 6.07) is 4.35. The Morgan fingerprint density at radius 2 is 1.91 bits per heavy atom. The fourth-order valence-corrected chi connectivity index (χ4v) is 3.16. The Hall–Kier alpha value is -1.88. The molecule has 1 heterocycles. The number of rotatable bonds is 5. The molecule has 5 heteroatoms. The number of carbonyl (C=O) groups is 2. The maximum Gasteiger partial charge on any atom is 0.243 e. The molecule has 1 aliphatic rings. The molecule has 2 N–H and O–H groups in total. The fourth-order valence-electron chi connectivity index (χ4n) is 3.16. The maximum absolute atomic E-state index is 12.2. The second kappa shape index (κ2) is 7.59. The average molecular weight is 317 g/mol. The summed E-state index contributed by atoms with van der Waals surface area (Å²) in [4.78, 5) is 25.9. The van der Waals surface area contributed by atoms with E-state index >= 15 is 0 Å². The minimum Gasteiger partial charge on any atom is -0.336 e. The summed E-state index contributed by atoms with van der Waals surface area (Å²) >= 11 is 0. The van der Waals surface area contributed by atoms with Gasteiger partial charge in [0, 0.05) is 25.2 Å². The molecule has 1 aliphatic heterocycles. The molecule has 1 aromatic rings. The number of anilines is 1. The molecule has 2 rings (SSSR count). The van der Waals surface area contributed by atoms with Crippen LogP contribution >= 0.6 is 0 Å². The van der Waals surface area contributed by atoms with E-state index < -0.39 is 0 Å². The van der Waals surface area contributed by atoms with Crippen molar-refractivity contribution in [2.45, 2.75) is 46.1 Å². The Balaban J connectivity index is 1.90. The lowest BCUT2D eigenvalue weighted by atomic mass is 10.1. The van der Waals surface area contributed by atoms with Gasteiger partial charge in [0.05, 0.1) is 6.54 Å². The fraction of sp³-hybridized carbons (Fsp3) is 0.556. The van der Waals surface area contributed by atoms with Crippen LogP contribution in [-0.2, 0) is 9.59 Å². The molecule has 2 amide bonds. The van der Waals surface area contributed by atoms with E-state index in [4.69, 9.17) is 0 Å². The molecule has 1 atom stereocenters. The normalized spacial score (nSPS) is 17.1. The highest BCUT2D eigenvalue weighted by molar-refractivity contribution is 5.95. The van der Waals surface area contributed by atoms with E-state index in [0.717, 1.165) is 36.2 Å². The van der Waals surface area contributed by atoms with E-state index in [9.17, 15) is 9.59 Å². The third-order valence-electron chi connectivity index (χ3n) is 4.33. The van der Waals surface area contributed by atoms with Crippen molar-refractivity contribution in [3.8, 4) is 0 Å². The SMILES string of the molecule is Cc1cc(C)c(NC(=O)CN(C)C(=O)CC2CCCN2)c(C)c1. The molecule has 0 spiro atoms. The van der Waals surface area contributed by atoms with Crippen molar-refractivity contribution in [2.24, 2.45) is 0 Å². The highest BCUT2D eigenvalue weighted by Crippen LogP contribution is 2.21. The van der Waals surface area contributed by atoms with Crippen molar-refractivity contribution in [2.75, 3.05) is 25.5 Å². The van der Waals surface area contributed by atoms with Crippen LogP contribution in [-0.4, -0.2) is 42.9 Å². The molecule has 0 aliphatic carbocycles. The number of nitrogens with one attached hydrogen (secondary N) is 2. The van der Waals surface area contributed by atoms with Crippen LogP contribution in [0.5, 0.6) is 0 Å². The summed E-state index contributed by atoms with van der Waals surface area (Å²) < 4.78 is 0. The highest BCUT2D eigenvalue weighted by Gasteiger charge is 2.21. The minimum absolute atomic E-state index is 0.0110. The van der Waals surface area contributed by atoms with Crippen LogP contribution in [0.15, 0.2) is 12.1 Å². The molecule has 0 saturated carbocycles. The largest absolute Gasteiger partial charge is 0.336 e. The van der Waals surface area contributed by atoms with Gasteiger partial charge in [-0.05, 0) is 51.3 Å². The number of hydrogen-bond acceptors (Lipinski definition) is 3. The lowest BCUT2D eigenvalue weighted by Gasteiger charge is -2.20. The molecule has 0 aromatic heterocycles. The molecule has 1 saturated heterocycles. The first-order valence-corrected chi connectivity index (χ1v) is 8.22. The number of carbonyl (C=O) groups excluding carboxylic acids is 2. The summed E-state index contributed by atoms with van der Waals surface area (Å²) in [5, 5.41) is 6.24. The second-order valence-corrected chi connectivity index (χ2v) is 6.57. The van der Waals surface area contributed by atoms with Crippen LogP contribution in [0, 0.1) is 20.8 Å². The predicted octanol–water partition coefficient (Wildman–Crippen LogP) is 2.15. The number of nitrogens with zero attached hydrogens (tertiary/aromatic N) is 1. The zero-order valence-electron chi connectivity index (χ0n) is 14.5. The van der Waals surface area contributed by atoms with E-state index in [0.29, 0.717) is 6.42 Å². The van der Waals surface area contributed by atoms with Crippen LogP contribution < -0.4 is 10.6 Å². The van der Waals surface area contributed by atoms with Crippen LogP contribution in [0.2, 0.25) is 0 Å². The van der Waals surface area contributed by atoms with Gasteiger partial charge in [-0.3, -0.25) is 9.59 Å². The van der Waals surface area contributed by atoms with Crippen molar-refractivity contribution >= 4 is 17.5 Å². The van der Waals surface area contributed by atoms with Gasteiger partial charge in [-0.25, -0.2) is 0 Å². The predicted molar refractivity (Wildman–Crippen MR) is 92.6 cm³/mol. The van der Waals surface area contributed by atoms with Gasteiger partial charge >= 0.3 is 0 Å². The van der Waals surface area contributed by atoms with Gasteiger partial charge < -0.3 is 15.5 Å². The Labute approximate surface area is 138 Å². The van der Waals surface area contributed by atoms with E-state index in [2.05, 4.69) is 10.6 Å². The van der Waals surface area contributed by atoms with Gasteiger partial charge in [0.2, 0.25) is 11.8 Å². The van der Waals surface area contributed by atoms with Crippen molar-refractivity contribution in [1.82, 2.24) is 10.2 Å². The number of amides is 2. The van der Waals surface area contributed by atoms with E-state index in [1.807, 2.05) is 32.9 Å². The number of benzene rings is 1. The molecule has 23 heavy (non-hydrogen) atoms. The summed E-state index contributed by atoms with van der Waals surface area (Å²) in [7, 11) is 1.69. The van der Waals surface area contributed by atoms with Gasteiger partial charge in [-0.2, -0.15) is 0 Å². The highest BCUT2D eigenvalue weighted by atomic mass is 16.2. The van der Waals surface area contributed by atoms with E-state index in [1.165, 1.54) is 10.5 Å². The number of aryl methyl sites for hydroxylation is 3. The molecule has 1 unspecified atom stereocenters. The monoisotopic (exact) mass is 317 g/mol. The first-order chi connectivity index (χ1) is 10.9. The number of likely N-dealkylation sites (N-methyl/N-ethyl adjacent to an activating group) is 1. The van der Waals surface area contributed by atoms with Gasteiger partial charge in [0.25, 0.3) is 0 Å². The Morgan fingerprint density at radius 3 is 2.48 bits per heavy atom. The summed E-state index contributed by atoms with van der Waals surface area (Å²) in [5.41, 5.74) is 4.10. The van der Waals surface area contributed by atoms with Crippen LogP contribution in [0.1, 0.15) is 36.0 Å². The quantitative estimate of drug-likeness (QED) is 0.875. The molecular formula is C18H27N3O2. The van der Waals surface area contributed by atoms with Crippen LogP contribution in [0.3, 0.4) is 0 Å². The lowest BCUT2D eigenvalue weighted by Crippen LogP contribution is -2.38. The third-order valence-corrected chi connectivity index (χ3v) is 4.33. The van der Waals surface area contributed by atoms with Crippen molar-refractivity contribution in [3.63, 3.8) is 0 Å². The molecular weight excluding hydrogens is 290 g/mol. The summed E-state index contributed by atoms with van der Waals surface area (Å²) in [6.07, 6.45) is 2.62. The lowest BCUT2D eigenvalue weighted by molar-refractivity contribution is -0.133. The zero-order valence-corrected chi connectivity index (χ0v) is 14.5. The van der Waals surface area contributed by atoms with E-state index in [-0.39, 0.29) is 24.4 Å². The van der Waals surface area contributed by atoms with Crippen molar-refractivity contribution in [1.29, 1.82) is 0 Å². The average Bonchev–Trinajstić information content (AvgIpc) is 2.95. The molecule has 1 aromatic carbocycles. The van der Waals surface area contributed by atoms with Crippen LogP contribution in [0.4, 0.5) is 5.69 Å².